The zero-order valence-corrected chi connectivity index (χ0v) is 13.5. The maximum absolute atomic E-state index is 11.9. The van der Waals surface area contributed by atoms with Gasteiger partial charge in [-0.1, -0.05) is 0 Å². The van der Waals surface area contributed by atoms with Crippen molar-refractivity contribution in [1.82, 2.24) is 15.5 Å². The molecule has 116 valence electrons. The number of nitrogens with zero attached hydrogens (tertiary/aromatic N) is 1. The summed E-state index contributed by atoms with van der Waals surface area (Å²) in [5.41, 5.74) is 0.0907. The number of hydrogen-bond donors (Lipinski definition) is 2. The average Bonchev–Trinajstić information content (AvgIpc) is 2.59. The molecule has 2 unspecified atom stereocenters. The van der Waals surface area contributed by atoms with Crippen molar-refractivity contribution in [2.24, 2.45) is 5.92 Å². The molecule has 2 fully saturated rings. The van der Waals surface area contributed by atoms with Crippen molar-refractivity contribution >= 4 is 5.91 Å². The van der Waals surface area contributed by atoms with Crippen LogP contribution in [-0.4, -0.2) is 48.6 Å². The molecule has 0 aromatic heterocycles. The summed E-state index contributed by atoms with van der Waals surface area (Å²) in [7, 11) is 2.26. The zero-order chi connectivity index (χ0) is 14.8. The molecule has 2 aliphatic rings. The summed E-state index contributed by atoms with van der Waals surface area (Å²) in [6, 6.07) is 1.52. The van der Waals surface area contributed by atoms with Crippen molar-refractivity contribution in [1.29, 1.82) is 0 Å². The maximum Gasteiger partial charge on any atom is 0.221 e. The van der Waals surface area contributed by atoms with Crippen LogP contribution in [0.2, 0.25) is 0 Å². The molecule has 2 aliphatic heterocycles. The van der Waals surface area contributed by atoms with Crippen LogP contribution in [0.3, 0.4) is 0 Å². The van der Waals surface area contributed by atoms with E-state index in [1.54, 1.807) is 0 Å². The van der Waals surface area contributed by atoms with E-state index in [9.17, 15) is 4.79 Å². The molecule has 2 atom stereocenters. The van der Waals surface area contributed by atoms with Gasteiger partial charge in [0.1, 0.15) is 0 Å². The standard InChI is InChI=1S/C16H31N3O/c1-16(2,3)18-8-7-15(20)17-11-12-9-13-5-6-14(10-12)19(13)4/h12-14,18H,5-11H2,1-4H3,(H,17,20). The molecular formula is C16H31N3O. The van der Waals surface area contributed by atoms with Crippen molar-refractivity contribution in [3.8, 4) is 0 Å². The lowest BCUT2D eigenvalue weighted by Gasteiger charge is -2.36. The molecule has 0 saturated carbocycles. The average molecular weight is 281 g/mol. The number of rotatable bonds is 5. The fourth-order valence-corrected chi connectivity index (χ4v) is 3.59. The summed E-state index contributed by atoms with van der Waals surface area (Å²) in [5, 5.41) is 6.48. The van der Waals surface area contributed by atoms with Crippen molar-refractivity contribution in [3.05, 3.63) is 0 Å². The van der Waals surface area contributed by atoms with Crippen LogP contribution in [-0.2, 0) is 4.79 Å². The number of nitrogens with one attached hydrogen (secondary N) is 2. The Morgan fingerprint density at radius 3 is 2.35 bits per heavy atom. The van der Waals surface area contributed by atoms with Crippen LogP contribution in [0.5, 0.6) is 0 Å². The number of carbonyl (C=O) groups excluding carboxylic acids is 1. The molecule has 0 aromatic carbocycles. The van der Waals surface area contributed by atoms with E-state index in [1.165, 1.54) is 25.7 Å². The van der Waals surface area contributed by atoms with E-state index in [0.717, 1.165) is 25.2 Å². The third kappa shape index (κ3) is 4.45. The van der Waals surface area contributed by atoms with Gasteiger partial charge in [0, 0.05) is 37.1 Å². The van der Waals surface area contributed by atoms with Crippen molar-refractivity contribution in [2.75, 3.05) is 20.1 Å². The summed E-state index contributed by atoms with van der Waals surface area (Å²) < 4.78 is 0. The summed E-state index contributed by atoms with van der Waals surface area (Å²) in [6.07, 6.45) is 5.79. The Morgan fingerprint density at radius 2 is 1.80 bits per heavy atom. The van der Waals surface area contributed by atoms with E-state index < -0.39 is 0 Å². The summed E-state index contributed by atoms with van der Waals surface area (Å²) >= 11 is 0. The first-order valence-corrected chi connectivity index (χ1v) is 8.09. The van der Waals surface area contributed by atoms with E-state index in [-0.39, 0.29) is 11.4 Å². The van der Waals surface area contributed by atoms with E-state index in [0.29, 0.717) is 12.3 Å². The number of piperidine rings is 1. The van der Waals surface area contributed by atoms with Gasteiger partial charge in [-0.15, -0.1) is 0 Å². The Hall–Kier alpha value is -0.610. The Balaban J connectivity index is 1.62. The molecule has 2 saturated heterocycles. The highest BCUT2D eigenvalue weighted by atomic mass is 16.1. The molecule has 0 radical (unpaired) electrons. The highest BCUT2D eigenvalue weighted by Crippen LogP contribution is 2.36. The Labute approximate surface area is 123 Å². The molecule has 2 N–H and O–H groups in total. The predicted molar refractivity (Wildman–Crippen MR) is 82.7 cm³/mol. The molecular weight excluding hydrogens is 250 g/mol. The van der Waals surface area contributed by atoms with Crippen molar-refractivity contribution < 1.29 is 4.79 Å². The molecule has 0 spiro atoms. The number of carbonyl (C=O) groups is 1. The second-order valence-electron chi connectivity index (χ2n) is 7.62. The van der Waals surface area contributed by atoms with Crippen LogP contribution in [0.1, 0.15) is 52.9 Å². The molecule has 4 nitrogen and oxygen atoms in total. The van der Waals surface area contributed by atoms with E-state index >= 15 is 0 Å². The monoisotopic (exact) mass is 281 g/mol. The van der Waals surface area contributed by atoms with Gasteiger partial charge in [0.2, 0.25) is 5.91 Å². The normalized spacial score (nSPS) is 30.5. The molecule has 1 amide bonds. The molecule has 0 aliphatic carbocycles. The van der Waals surface area contributed by atoms with Gasteiger partial charge in [0.05, 0.1) is 0 Å². The number of fused-ring (bicyclic) bond motifs is 2. The third-order valence-corrected chi connectivity index (χ3v) is 4.79. The molecule has 2 heterocycles. The van der Waals surface area contributed by atoms with Gasteiger partial charge in [-0.05, 0) is 59.4 Å². The second kappa shape index (κ2) is 6.44. The lowest BCUT2D eigenvalue weighted by atomic mass is 9.91. The largest absolute Gasteiger partial charge is 0.356 e. The van der Waals surface area contributed by atoms with Crippen LogP contribution in [0, 0.1) is 5.92 Å². The molecule has 2 bridgehead atoms. The van der Waals surface area contributed by atoms with E-state index in [1.807, 2.05) is 0 Å². The topological polar surface area (TPSA) is 44.4 Å². The Bertz CT molecular complexity index is 323. The van der Waals surface area contributed by atoms with Gasteiger partial charge in [-0.25, -0.2) is 0 Å². The number of amides is 1. The molecule has 4 heteroatoms. The van der Waals surface area contributed by atoms with E-state index in [4.69, 9.17) is 0 Å². The first-order chi connectivity index (χ1) is 9.35. The van der Waals surface area contributed by atoms with Crippen LogP contribution in [0.25, 0.3) is 0 Å². The second-order valence-corrected chi connectivity index (χ2v) is 7.62. The predicted octanol–water partition coefficient (Wildman–Crippen LogP) is 1.75. The SMILES string of the molecule is CN1C2CCC1CC(CNC(=O)CCNC(C)(C)C)C2. The zero-order valence-electron chi connectivity index (χ0n) is 13.5. The first kappa shape index (κ1) is 15.8. The minimum Gasteiger partial charge on any atom is -0.356 e. The van der Waals surface area contributed by atoms with Crippen molar-refractivity contribution in [3.63, 3.8) is 0 Å². The smallest absolute Gasteiger partial charge is 0.221 e. The molecule has 2 rings (SSSR count). The highest BCUT2D eigenvalue weighted by molar-refractivity contribution is 5.76. The van der Waals surface area contributed by atoms with Crippen LogP contribution < -0.4 is 10.6 Å². The van der Waals surface area contributed by atoms with Gasteiger partial charge in [0.15, 0.2) is 0 Å². The fraction of sp³-hybridized carbons (Fsp3) is 0.938. The molecule has 20 heavy (non-hydrogen) atoms. The van der Waals surface area contributed by atoms with Gasteiger partial charge in [-0.3, -0.25) is 4.79 Å². The summed E-state index contributed by atoms with van der Waals surface area (Å²) in [4.78, 5) is 14.4. The first-order valence-electron chi connectivity index (χ1n) is 8.09. The third-order valence-electron chi connectivity index (χ3n) is 4.79. The summed E-state index contributed by atoms with van der Waals surface area (Å²) in [6.45, 7) is 8.00. The minimum absolute atomic E-state index is 0.0907. The molecule has 0 aromatic rings. The van der Waals surface area contributed by atoms with Crippen molar-refractivity contribution in [2.45, 2.75) is 70.5 Å². The fourth-order valence-electron chi connectivity index (χ4n) is 3.59. The minimum atomic E-state index is 0.0907. The van der Waals surface area contributed by atoms with Gasteiger partial charge >= 0.3 is 0 Å². The lowest BCUT2D eigenvalue weighted by Crippen LogP contribution is -2.44. The Morgan fingerprint density at radius 1 is 1.20 bits per heavy atom. The quantitative estimate of drug-likeness (QED) is 0.807. The van der Waals surface area contributed by atoms with Crippen LogP contribution in [0.4, 0.5) is 0 Å². The summed E-state index contributed by atoms with van der Waals surface area (Å²) in [5.74, 6) is 0.872. The Kier molecular flexibility index (Phi) is 5.08. The van der Waals surface area contributed by atoms with Crippen LogP contribution >= 0.6 is 0 Å². The van der Waals surface area contributed by atoms with Gasteiger partial charge in [0.25, 0.3) is 0 Å². The van der Waals surface area contributed by atoms with E-state index in [2.05, 4.69) is 43.4 Å². The lowest BCUT2D eigenvalue weighted by molar-refractivity contribution is -0.121. The van der Waals surface area contributed by atoms with Gasteiger partial charge < -0.3 is 15.5 Å². The maximum atomic E-state index is 11.9. The highest BCUT2D eigenvalue weighted by Gasteiger charge is 2.38. The van der Waals surface area contributed by atoms with Crippen LogP contribution in [0.15, 0.2) is 0 Å². The van der Waals surface area contributed by atoms with Gasteiger partial charge in [-0.2, -0.15) is 0 Å². The number of hydrogen-bond acceptors (Lipinski definition) is 3.